The summed E-state index contributed by atoms with van der Waals surface area (Å²) in [6.07, 6.45) is -0.700. The number of amides is 2. The van der Waals surface area contributed by atoms with Crippen LogP contribution in [-0.2, 0) is 10.5 Å². The van der Waals surface area contributed by atoms with E-state index >= 15 is 0 Å². The number of benzene rings is 1. The SMILES string of the molecule is CCOC(=O)NC(=O)SCc1ccc(C)cc1. The van der Waals surface area contributed by atoms with Crippen LogP contribution in [0, 0.1) is 6.92 Å². The van der Waals surface area contributed by atoms with Gasteiger partial charge in [0.25, 0.3) is 5.24 Å². The van der Waals surface area contributed by atoms with E-state index in [2.05, 4.69) is 10.1 Å². The molecule has 2 amide bonds. The van der Waals surface area contributed by atoms with Gasteiger partial charge in [-0.25, -0.2) is 4.79 Å². The molecular weight excluding hydrogens is 238 g/mol. The minimum absolute atomic E-state index is 0.252. The van der Waals surface area contributed by atoms with Crippen LogP contribution >= 0.6 is 11.8 Å². The third kappa shape index (κ3) is 5.40. The van der Waals surface area contributed by atoms with Crippen LogP contribution in [0.5, 0.6) is 0 Å². The maximum absolute atomic E-state index is 11.3. The van der Waals surface area contributed by atoms with Gasteiger partial charge in [-0.1, -0.05) is 41.6 Å². The van der Waals surface area contributed by atoms with Gasteiger partial charge in [0.15, 0.2) is 0 Å². The van der Waals surface area contributed by atoms with Gasteiger partial charge < -0.3 is 4.74 Å². The Morgan fingerprint density at radius 1 is 1.29 bits per heavy atom. The minimum Gasteiger partial charge on any atom is -0.450 e. The average Bonchev–Trinajstić information content (AvgIpc) is 2.28. The second-order valence-electron chi connectivity index (χ2n) is 3.41. The van der Waals surface area contributed by atoms with Gasteiger partial charge in [0.2, 0.25) is 0 Å². The van der Waals surface area contributed by atoms with Crippen molar-refractivity contribution in [3.63, 3.8) is 0 Å². The summed E-state index contributed by atoms with van der Waals surface area (Å²) in [7, 11) is 0. The smallest absolute Gasteiger partial charge is 0.414 e. The number of carbonyl (C=O) groups excluding carboxylic acids is 2. The molecule has 1 aromatic rings. The van der Waals surface area contributed by atoms with Crippen LogP contribution in [0.25, 0.3) is 0 Å². The molecule has 1 rings (SSSR count). The Morgan fingerprint density at radius 2 is 1.94 bits per heavy atom. The van der Waals surface area contributed by atoms with Crippen LogP contribution in [0.2, 0.25) is 0 Å². The zero-order chi connectivity index (χ0) is 12.7. The second-order valence-corrected chi connectivity index (χ2v) is 4.36. The number of carbonyl (C=O) groups is 2. The van der Waals surface area contributed by atoms with E-state index in [4.69, 9.17) is 0 Å². The van der Waals surface area contributed by atoms with Gasteiger partial charge in [0.05, 0.1) is 6.61 Å². The number of alkyl carbamates (subject to hydrolysis) is 1. The fourth-order valence-corrected chi connectivity index (χ4v) is 1.77. The second kappa shape index (κ2) is 6.96. The molecule has 4 nitrogen and oxygen atoms in total. The minimum atomic E-state index is -0.700. The van der Waals surface area contributed by atoms with E-state index < -0.39 is 11.3 Å². The molecule has 92 valence electrons. The molecule has 0 saturated carbocycles. The Hall–Kier alpha value is -1.49. The molecule has 0 fully saturated rings. The van der Waals surface area contributed by atoms with E-state index in [0.717, 1.165) is 17.3 Å². The monoisotopic (exact) mass is 253 g/mol. The van der Waals surface area contributed by atoms with Crippen molar-refractivity contribution in [3.8, 4) is 0 Å². The molecule has 17 heavy (non-hydrogen) atoms. The van der Waals surface area contributed by atoms with E-state index in [1.807, 2.05) is 31.2 Å². The molecule has 0 spiro atoms. The number of hydrogen-bond acceptors (Lipinski definition) is 4. The molecule has 0 atom stereocenters. The average molecular weight is 253 g/mol. The summed E-state index contributed by atoms with van der Waals surface area (Å²) in [6.45, 7) is 3.94. The van der Waals surface area contributed by atoms with Gasteiger partial charge in [0.1, 0.15) is 0 Å². The molecule has 0 aliphatic rings. The number of rotatable bonds is 3. The summed E-state index contributed by atoms with van der Waals surface area (Å²) < 4.78 is 4.60. The Balaban J connectivity index is 2.33. The van der Waals surface area contributed by atoms with Crippen molar-refractivity contribution in [2.75, 3.05) is 6.61 Å². The molecule has 0 aliphatic carbocycles. The van der Waals surface area contributed by atoms with Crippen LogP contribution in [0.15, 0.2) is 24.3 Å². The molecule has 0 unspecified atom stereocenters. The molecule has 0 aromatic heterocycles. The molecule has 0 radical (unpaired) electrons. The van der Waals surface area contributed by atoms with Crippen molar-refractivity contribution in [2.45, 2.75) is 19.6 Å². The first kappa shape index (κ1) is 13.6. The highest BCUT2D eigenvalue weighted by Crippen LogP contribution is 2.13. The van der Waals surface area contributed by atoms with Crippen LogP contribution in [0.4, 0.5) is 9.59 Å². The van der Waals surface area contributed by atoms with Gasteiger partial charge >= 0.3 is 6.09 Å². The van der Waals surface area contributed by atoms with Crippen molar-refractivity contribution in [1.29, 1.82) is 0 Å². The highest BCUT2D eigenvalue weighted by molar-refractivity contribution is 8.12. The zero-order valence-corrected chi connectivity index (χ0v) is 10.7. The van der Waals surface area contributed by atoms with Gasteiger partial charge in [0, 0.05) is 5.75 Å². The number of nitrogens with one attached hydrogen (secondary N) is 1. The normalized spacial score (nSPS) is 9.76. The summed E-state index contributed by atoms with van der Waals surface area (Å²) >= 11 is 1.04. The molecule has 0 bridgehead atoms. The first-order valence-electron chi connectivity index (χ1n) is 5.28. The molecule has 0 aliphatic heterocycles. The van der Waals surface area contributed by atoms with Gasteiger partial charge in [-0.15, -0.1) is 0 Å². The third-order valence-electron chi connectivity index (χ3n) is 1.97. The predicted molar refractivity (Wildman–Crippen MR) is 68.0 cm³/mol. The highest BCUT2D eigenvalue weighted by Gasteiger charge is 2.08. The molecule has 0 heterocycles. The fourth-order valence-electron chi connectivity index (χ4n) is 1.12. The van der Waals surface area contributed by atoms with Crippen LogP contribution < -0.4 is 5.32 Å². The first-order valence-corrected chi connectivity index (χ1v) is 6.26. The summed E-state index contributed by atoms with van der Waals surface area (Å²) in [4.78, 5) is 22.3. The Labute approximate surface area is 105 Å². The van der Waals surface area contributed by atoms with E-state index in [1.54, 1.807) is 6.92 Å². The number of ether oxygens (including phenoxy) is 1. The van der Waals surface area contributed by atoms with E-state index in [1.165, 1.54) is 5.56 Å². The van der Waals surface area contributed by atoms with E-state index in [9.17, 15) is 9.59 Å². The maximum atomic E-state index is 11.3. The number of imide groups is 1. The quantitative estimate of drug-likeness (QED) is 0.899. The van der Waals surface area contributed by atoms with E-state index in [-0.39, 0.29) is 6.61 Å². The summed E-state index contributed by atoms with van der Waals surface area (Å²) in [6, 6.07) is 7.89. The van der Waals surface area contributed by atoms with Crippen LogP contribution in [-0.4, -0.2) is 17.9 Å². The van der Waals surface area contributed by atoms with Gasteiger partial charge in [-0.05, 0) is 19.4 Å². The Kier molecular flexibility index (Phi) is 5.56. The van der Waals surface area contributed by atoms with Gasteiger partial charge in [-0.3, -0.25) is 10.1 Å². The number of aryl methyl sites for hydroxylation is 1. The molecular formula is C12H15NO3S. The molecule has 1 aromatic carbocycles. The van der Waals surface area contributed by atoms with Crippen molar-refractivity contribution in [3.05, 3.63) is 35.4 Å². The van der Waals surface area contributed by atoms with Crippen molar-refractivity contribution in [2.24, 2.45) is 0 Å². The molecule has 1 N–H and O–H groups in total. The standard InChI is InChI=1S/C12H15NO3S/c1-3-16-11(14)13-12(15)17-8-10-6-4-9(2)5-7-10/h4-7H,3,8H2,1-2H3,(H,13,14,15). The molecule has 5 heteroatoms. The lowest BCUT2D eigenvalue weighted by Gasteiger charge is -2.04. The molecule has 0 saturated heterocycles. The summed E-state index contributed by atoms with van der Waals surface area (Å²) in [5.41, 5.74) is 2.22. The number of thioether (sulfide) groups is 1. The predicted octanol–water partition coefficient (Wildman–Crippen LogP) is 3.09. The summed E-state index contributed by atoms with van der Waals surface area (Å²) in [5, 5.41) is 1.73. The van der Waals surface area contributed by atoms with E-state index in [0.29, 0.717) is 5.75 Å². The Bertz CT molecular complexity index is 389. The topological polar surface area (TPSA) is 55.4 Å². The Morgan fingerprint density at radius 3 is 2.53 bits per heavy atom. The summed E-state index contributed by atoms with van der Waals surface area (Å²) in [5.74, 6) is 0.533. The lowest BCUT2D eigenvalue weighted by Crippen LogP contribution is -2.27. The van der Waals surface area contributed by atoms with Crippen molar-refractivity contribution in [1.82, 2.24) is 5.32 Å². The first-order chi connectivity index (χ1) is 8.11. The maximum Gasteiger partial charge on any atom is 0.414 e. The largest absolute Gasteiger partial charge is 0.450 e. The third-order valence-corrected chi connectivity index (χ3v) is 2.81. The number of hydrogen-bond donors (Lipinski definition) is 1. The highest BCUT2D eigenvalue weighted by atomic mass is 32.2. The fraction of sp³-hybridized carbons (Fsp3) is 0.333. The van der Waals surface area contributed by atoms with Crippen molar-refractivity contribution < 1.29 is 14.3 Å². The van der Waals surface area contributed by atoms with Crippen LogP contribution in [0.3, 0.4) is 0 Å². The van der Waals surface area contributed by atoms with Crippen LogP contribution in [0.1, 0.15) is 18.1 Å². The van der Waals surface area contributed by atoms with Crippen molar-refractivity contribution >= 4 is 23.1 Å². The zero-order valence-electron chi connectivity index (χ0n) is 9.86. The van der Waals surface area contributed by atoms with Gasteiger partial charge in [-0.2, -0.15) is 0 Å². The lowest BCUT2D eigenvalue weighted by atomic mass is 10.2. The lowest BCUT2D eigenvalue weighted by molar-refractivity contribution is 0.155.